The van der Waals surface area contributed by atoms with Crippen LogP contribution >= 0.6 is 0 Å². The highest BCUT2D eigenvalue weighted by atomic mass is 16.3. The van der Waals surface area contributed by atoms with E-state index in [0.29, 0.717) is 11.4 Å². The van der Waals surface area contributed by atoms with Crippen LogP contribution in [0.1, 0.15) is 6.85 Å². The Morgan fingerprint density at radius 1 is 0.438 bits per heavy atom. The number of para-hydroxylation sites is 3. The van der Waals surface area contributed by atoms with Gasteiger partial charge in [-0.05, 0) is 64.0 Å². The molecule has 9 aromatic rings. The summed E-state index contributed by atoms with van der Waals surface area (Å²) in [6.45, 7) is 0. The summed E-state index contributed by atoms with van der Waals surface area (Å²) in [5, 5.41) is 4.01. The van der Waals surface area contributed by atoms with Crippen molar-refractivity contribution in [2.24, 2.45) is 0 Å². The van der Waals surface area contributed by atoms with E-state index in [1.54, 1.807) is 0 Å². The van der Waals surface area contributed by atoms with Crippen LogP contribution in [0.5, 0.6) is 0 Å². The van der Waals surface area contributed by atoms with Crippen molar-refractivity contribution in [2.75, 3.05) is 4.90 Å². The van der Waals surface area contributed by atoms with Gasteiger partial charge in [0.1, 0.15) is 11.2 Å². The van der Waals surface area contributed by atoms with Gasteiger partial charge in [0.2, 0.25) is 0 Å². The Labute approximate surface area is 286 Å². The van der Waals surface area contributed by atoms with Crippen LogP contribution in [-0.2, 0) is 0 Å². The minimum Gasteiger partial charge on any atom is -0.455 e. The fourth-order valence-corrected chi connectivity index (χ4v) is 6.79. The lowest BCUT2D eigenvalue weighted by atomic mass is 9.95. The predicted molar refractivity (Wildman–Crippen MR) is 202 cm³/mol. The van der Waals surface area contributed by atoms with Gasteiger partial charge >= 0.3 is 0 Å². The normalized spacial score (nSPS) is 12.8. The van der Waals surface area contributed by atoms with Crippen LogP contribution in [-0.4, -0.2) is 0 Å². The third-order valence-electron chi connectivity index (χ3n) is 8.98. The number of nitrogens with zero attached hydrogens (tertiary/aromatic N) is 1. The topological polar surface area (TPSA) is 16.4 Å². The third-order valence-corrected chi connectivity index (χ3v) is 8.98. The van der Waals surface area contributed by atoms with Gasteiger partial charge in [-0.25, -0.2) is 0 Å². The molecule has 0 N–H and O–H groups in total. The SMILES string of the molecule is [2H]c1c([2H])c([2H])c(N(c2ccccc2-c2ccc(-c3ccccc3)cc2)c2ccccc2-c2cccc3oc4c5ccccc5ccc4c23)c([2H])c1[2H]. The molecule has 0 aliphatic rings. The molecule has 0 unspecified atom stereocenters. The first-order chi connectivity index (χ1) is 25.9. The minimum atomic E-state index is -0.441. The van der Waals surface area contributed by atoms with E-state index < -0.39 is 18.1 Å². The standard InChI is InChI=1S/C46H31NO/c1-3-14-32(15-4-1)33-26-28-35(29-27-33)37-19-9-11-23-42(37)47(36-17-5-2-6-18-36)43-24-12-10-21-39(43)40-22-13-25-44-45(40)41-31-30-34-16-7-8-20-38(34)46(41)48-44/h1-31H/i2D,5D,6D,17D,18D. The maximum Gasteiger partial charge on any atom is 0.143 e. The molecule has 8 aromatic carbocycles. The van der Waals surface area contributed by atoms with Crippen LogP contribution in [0.3, 0.4) is 0 Å². The van der Waals surface area contributed by atoms with Crippen LogP contribution in [0.4, 0.5) is 17.1 Å². The largest absolute Gasteiger partial charge is 0.455 e. The van der Waals surface area contributed by atoms with Crippen molar-refractivity contribution in [3.05, 3.63) is 188 Å². The van der Waals surface area contributed by atoms with Crippen LogP contribution in [0.15, 0.2) is 192 Å². The number of anilines is 3. The molecule has 2 nitrogen and oxygen atoms in total. The third kappa shape index (κ3) is 4.74. The molecule has 0 bridgehead atoms. The Balaban J connectivity index is 1.32. The first kappa shape index (κ1) is 23.0. The summed E-state index contributed by atoms with van der Waals surface area (Å²) in [5.41, 5.74) is 8.58. The number of rotatable bonds is 6. The Bertz CT molecular complexity index is 2820. The highest BCUT2D eigenvalue weighted by Gasteiger charge is 2.22. The quantitative estimate of drug-likeness (QED) is 0.184. The summed E-state index contributed by atoms with van der Waals surface area (Å²) in [6.07, 6.45) is 0. The second-order valence-electron chi connectivity index (χ2n) is 11.7. The lowest BCUT2D eigenvalue weighted by Gasteiger charge is -2.30. The lowest BCUT2D eigenvalue weighted by molar-refractivity contribution is 0.673. The number of furan rings is 1. The minimum absolute atomic E-state index is 0.0621. The molecular formula is C46H31NO. The summed E-state index contributed by atoms with van der Waals surface area (Å²) in [5.74, 6) is 0. The van der Waals surface area contributed by atoms with Gasteiger partial charge in [-0.3, -0.25) is 0 Å². The maximum atomic E-state index is 9.20. The van der Waals surface area contributed by atoms with Crippen molar-refractivity contribution in [1.82, 2.24) is 0 Å². The fourth-order valence-electron chi connectivity index (χ4n) is 6.79. The first-order valence-corrected chi connectivity index (χ1v) is 15.9. The van der Waals surface area contributed by atoms with Crippen LogP contribution in [0.25, 0.3) is 66.1 Å². The van der Waals surface area contributed by atoms with Gasteiger partial charge in [-0.2, -0.15) is 0 Å². The van der Waals surface area contributed by atoms with Crippen molar-refractivity contribution in [3.63, 3.8) is 0 Å². The molecule has 0 atom stereocenters. The average Bonchev–Trinajstić information content (AvgIpc) is 3.61. The smallest absolute Gasteiger partial charge is 0.143 e. The molecule has 2 heteroatoms. The molecule has 48 heavy (non-hydrogen) atoms. The summed E-state index contributed by atoms with van der Waals surface area (Å²) in [4.78, 5) is 1.83. The van der Waals surface area contributed by atoms with E-state index in [4.69, 9.17) is 8.53 Å². The molecule has 0 spiro atoms. The predicted octanol–water partition coefficient (Wildman–Crippen LogP) is 13.2. The zero-order valence-electron chi connectivity index (χ0n) is 30.9. The second-order valence-corrected chi connectivity index (χ2v) is 11.7. The molecule has 9 rings (SSSR count). The zero-order valence-corrected chi connectivity index (χ0v) is 25.9. The van der Waals surface area contributed by atoms with Crippen molar-refractivity contribution < 1.29 is 11.3 Å². The van der Waals surface area contributed by atoms with E-state index in [-0.39, 0.29) is 17.8 Å². The highest BCUT2D eigenvalue weighted by Crippen LogP contribution is 2.47. The summed E-state index contributed by atoms with van der Waals surface area (Å²) < 4.78 is 50.7. The zero-order chi connectivity index (χ0) is 36.2. The highest BCUT2D eigenvalue weighted by molar-refractivity contribution is 6.19. The van der Waals surface area contributed by atoms with Crippen LogP contribution in [0, 0.1) is 0 Å². The van der Waals surface area contributed by atoms with Crippen LogP contribution < -0.4 is 4.90 Å². The van der Waals surface area contributed by atoms with Gasteiger partial charge in [0.15, 0.2) is 0 Å². The lowest BCUT2D eigenvalue weighted by Crippen LogP contribution is -2.12. The van der Waals surface area contributed by atoms with Crippen molar-refractivity contribution in [2.45, 2.75) is 0 Å². The second kappa shape index (κ2) is 11.8. The Hall–Kier alpha value is -6.38. The van der Waals surface area contributed by atoms with E-state index in [0.717, 1.165) is 66.1 Å². The summed E-state index contributed by atoms with van der Waals surface area (Å²) in [6, 6.07) is 50.7. The number of hydrogen-bond donors (Lipinski definition) is 0. The average molecular weight is 619 g/mol. The number of hydrogen-bond acceptors (Lipinski definition) is 2. The molecule has 0 saturated heterocycles. The molecule has 0 fully saturated rings. The molecule has 226 valence electrons. The monoisotopic (exact) mass is 618 g/mol. The van der Waals surface area contributed by atoms with E-state index in [9.17, 15) is 2.74 Å². The van der Waals surface area contributed by atoms with E-state index in [1.165, 1.54) is 0 Å². The first-order valence-electron chi connectivity index (χ1n) is 18.4. The van der Waals surface area contributed by atoms with Crippen molar-refractivity contribution >= 4 is 49.8 Å². The molecule has 0 aliphatic carbocycles. The van der Waals surface area contributed by atoms with E-state index in [2.05, 4.69) is 66.7 Å². The Kier molecular flexibility index (Phi) is 5.64. The van der Waals surface area contributed by atoms with Gasteiger partial charge in [0, 0.05) is 33.0 Å². The molecule has 1 aromatic heterocycles. The van der Waals surface area contributed by atoms with Crippen molar-refractivity contribution in [1.29, 1.82) is 0 Å². The molecule has 1 heterocycles. The fraction of sp³-hybridized carbons (Fsp3) is 0. The molecular weight excluding hydrogens is 583 g/mol. The molecule has 0 saturated carbocycles. The molecule has 0 radical (unpaired) electrons. The van der Waals surface area contributed by atoms with E-state index >= 15 is 0 Å². The van der Waals surface area contributed by atoms with Gasteiger partial charge in [-0.1, -0.05) is 152 Å². The number of fused-ring (bicyclic) bond motifs is 5. The molecule has 0 amide bonds. The summed E-state index contributed by atoms with van der Waals surface area (Å²) >= 11 is 0. The Morgan fingerprint density at radius 2 is 1.06 bits per heavy atom. The summed E-state index contributed by atoms with van der Waals surface area (Å²) in [7, 11) is 0. The van der Waals surface area contributed by atoms with Gasteiger partial charge < -0.3 is 9.32 Å². The number of benzene rings is 8. The van der Waals surface area contributed by atoms with Gasteiger partial charge in [0.25, 0.3) is 0 Å². The Morgan fingerprint density at radius 3 is 1.88 bits per heavy atom. The van der Waals surface area contributed by atoms with Crippen molar-refractivity contribution in [3.8, 4) is 33.4 Å². The van der Waals surface area contributed by atoms with Gasteiger partial charge in [0.05, 0.1) is 18.2 Å². The maximum absolute atomic E-state index is 9.20. The van der Waals surface area contributed by atoms with E-state index in [1.807, 2.05) is 95.9 Å². The van der Waals surface area contributed by atoms with Crippen LogP contribution in [0.2, 0.25) is 0 Å². The molecule has 0 aliphatic heterocycles. The van der Waals surface area contributed by atoms with Gasteiger partial charge in [-0.15, -0.1) is 0 Å².